The van der Waals surface area contributed by atoms with Gasteiger partial charge in [-0.2, -0.15) is 0 Å². The third-order valence-electron chi connectivity index (χ3n) is 4.76. The summed E-state index contributed by atoms with van der Waals surface area (Å²) in [4.78, 5) is 26.2. The highest BCUT2D eigenvalue weighted by molar-refractivity contribution is 5.79. The van der Waals surface area contributed by atoms with E-state index < -0.39 is 0 Å². The molecule has 6 heteroatoms. The number of rotatable bonds is 7. The van der Waals surface area contributed by atoms with Gasteiger partial charge in [-0.15, -0.1) is 0 Å². The molecule has 1 heterocycles. The van der Waals surface area contributed by atoms with Gasteiger partial charge in [-0.3, -0.25) is 9.59 Å². The molecule has 5 nitrogen and oxygen atoms in total. The molecular formula is C22H25FN2O3. The first-order valence-corrected chi connectivity index (χ1v) is 9.57. The number of halogens is 1. The number of carbonyl (C=O) groups excluding carboxylic acids is 2. The Bertz CT molecular complexity index is 780. The van der Waals surface area contributed by atoms with Gasteiger partial charge in [0.15, 0.2) is 0 Å². The Balaban J connectivity index is 1.37. The Kier molecular flexibility index (Phi) is 7.14. The number of morpholine rings is 1. The summed E-state index contributed by atoms with van der Waals surface area (Å²) in [6.45, 7) is 2.12. The van der Waals surface area contributed by atoms with Gasteiger partial charge < -0.3 is 15.0 Å². The molecule has 1 unspecified atom stereocenters. The zero-order valence-electron chi connectivity index (χ0n) is 15.8. The summed E-state index contributed by atoms with van der Waals surface area (Å²) in [7, 11) is 0. The van der Waals surface area contributed by atoms with Gasteiger partial charge in [-0.05, 0) is 29.7 Å². The molecule has 1 atom stereocenters. The molecule has 2 amide bonds. The van der Waals surface area contributed by atoms with E-state index in [9.17, 15) is 14.0 Å². The van der Waals surface area contributed by atoms with Crippen molar-refractivity contribution < 1.29 is 18.7 Å². The van der Waals surface area contributed by atoms with E-state index in [4.69, 9.17) is 4.74 Å². The minimum absolute atomic E-state index is 0.0806. The normalized spacial score (nSPS) is 16.6. The van der Waals surface area contributed by atoms with Crippen molar-refractivity contribution >= 4 is 11.8 Å². The zero-order valence-corrected chi connectivity index (χ0v) is 15.8. The van der Waals surface area contributed by atoms with Crippen LogP contribution in [-0.4, -0.2) is 43.0 Å². The van der Waals surface area contributed by atoms with E-state index in [1.54, 1.807) is 12.1 Å². The van der Waals surface area contributed by atoms with E-state index in [1.165, 1.54) is 12.1 Å². The molecule has 1 fully saturated rings. The van der Waals surface area contributed by atoms with E-state index in [1.807, 2.05) is 35.2 Å². The molecule has 0 spiro atoms. The maximum absolute atomic E-state index is 12.9. The number of carbonyl (C=O) groups is 2. The lowest BCUT2D eigenvalue weighted by Gasteiger charge is -2.33. The van der Waals surface area contributed by atoms with Crippen molar-refractivity contribution in [1.29, 1.82) is 0 Å². The standard InChI is InChI=1S/C22H25FN2O3/c23-19-10-8-17(9-11-19)15-21(26)24-12-4-7-22(27)25-13-14-28-20(16-25)18-5-2-1-3-6-18/h1-3,5-6,8-11,20H,4,7,12-16H2,(H,24,26). The molecule has 1 N–H and O–H groups in total. The van der Waals surface area contributed by atoms with E-state index >= 15 is 0 Å². The van der Waals surface area contributed by atoms with E-state index in [0.717, 1.165) is 11.1 Å². The smallest absolute Gasteiger partial charge is 0.224 e. The van der Waals surface area contributed by atoms with Crippen LogP contribution in [0.25, 0.3) is 0 Å². The second-order valence-electron chi connectivity index (χ2n) is 6.87. The van der Waals surface area contributed by atoms with Crippen LogP contribution in [0.5, 0.6) is 0 Å². The molecule has 2 aromatic carbocycles. The molecule has 0 saturated carbocycles. The first-order valence-electron chi connectivity index (χ1n) is 9.57. The van der Waals surface area contributed by atoms with Gasteiger partial charge in [-0.1, -0.05) is 42.5 Å². The molecule has 1 aliphatic rings. The van der Waals surface area contributed by atoms with Crippen LogP contribution in [0.1, 0.15) is 30.1 Å². The molecule has 0 aromatic heterocycles. The fourth-order valence-electron chi connectivity index (χ4n) is 3.22. The fraction of sp³-hybridized carbons (Fsp3) is 0.364. The molecule has 1 saturated heterocycles. The van der Waals surface area contributed by atoms with Crippen LogP contribution >= 0.6 is 0 Å². The highest BCUT2D eigenvalue weighted by Crippen LogP contribution is 2.22. The lowest BCUT2D eigenvalue weighted by molar-refractivity contribution is -0.139. The highest BCUT2D eigenvalue weighted by Gasteiger charge is 2.24. The average Bonchev–Trinajstić information content (AvgIpc) is 2.73. The first kappa shape index (κ1) is 20.0. The molecular weight excluding hydrogens is 359 g/mol. The lowest BCUT2D eigenvalue weighted by Crippen LogP contribution is -2.42. The minimum atomic E-state index is -0.319. The number of ether oxygens (including phenoxy) is 1. The van der Waals surface area contributed by atoms with Crippen molar-refractivity contribution in [3.05, 3.63) is 71.5 Å². The second kappa shape index (κ2) is 9.99. The van der Waals surface area contributed by atoms with Gasteiger partial charge in [0.1, 0.15) is 11.9 Å². The summed E-state index contributed by atoms with van der Waals surface area (Å²) < 4.78 is 18.7. The second-order valence-corrected chi connectivity index (χ2v) is 6.87. The van der Waals surface area contributed by atoms with E-state index in [-0.39, 0.29) is 30.2 Å². The Morgan fingerprint density at radius 1 is 1.11 bits per heavy atom. The van der Waals surface area contributed by atoms with Gasteiger partial charge in [-0.25, -0.2) is 4.39 Å². The molecule has 28 heavy (non-hydrogen) atoms. The van der Waals surface area contributed by atoms with Crippen LogP contribution in [-0.2, 0) is 20.7 Å². The lowest BCUT2D eigenvalue weighted by atomic mass is 10.1. The highest BCUT2D eigenvalue weighted by atomic mass is 19.1. The van der Waals surface area contributed by atoms with Crippen LogP contribution in [0, 0.1) is 5.82 Å². The van der Waals surface area contributed by atoms with Crippen LogP contribution < -0.4 is 5.32 Å². The summed E-state index contributed by atoms with van der Waals surface area (Å²) >= 11 is 0. The van der Waals surface area contributed by atoms with Crippen molar-refractivity contribution in [3.8, 4) is 0 Å². The Labute approximate surface area is 164 Å². The van der Waals surface area contributed by atoms with Crippen molar-refractivity contribution in [3.63, 3.8) is 0 Å². The van der Waals surface area contributed by atoms with Gasteiger partial charge in [0, 0.05) is 19.5 Å². The number of amides is 2. The molecule has 0 aliphatic carbocycles. The molecule has 3 rings (SSSR count). The summed E-state index contributed by atoms with van der Waals surface area (Å²) in [5, 5.41) is 2.81. The summed E-state index contributed by atoms with van der Waals surface area (Å²) in [6, 6.07) is 15.8. The van der Waals surface area contributed by atoms with Crippen molar-refractivity contribution in [2.24, 2.45) is 0 Å². The fourth-order valence-corrected chi connectivity index (χ4v) is 3.22. The van der Waals surface area contributed by atoms with Crippen LogP contribution in [0.2, 0.25) is 0 Å². The quantitative estimate of drug-likeness (QED) is 0.747. The summed E-state index contributed by atoms with van der Waals surface area (Å²) in [5.74, 6) is -0.369. The topological polar surface area (TPSA) is 58.6 Å². The monoisotopic (exact) mass is 384 g/mol. The van der Waals surface area contributed by atoms with Crippen molar-refractivity contribution in [2.45, 2.75) is 25.4 Å². The number of hydrogen-bond acceptors (Lipinski definition) is 3. The Hall–Kier alpha value is -2.73. The maximum Gasteiger partial charge on any atom is 0.224 e. The average molecular weight is 384 g/mol. The van der Waals surface area contributed by atoms with Gasteiger partial charge in [0.25, 0.3) is 0 Å². The minimum Gasteiger partial charge on any atom is -0.370 e. The van der Waals surface area contributed by atoms with Crippen LogP contribution in [0.3, 0.4) is 0 Å². The SMILES string of the molecule is O=C(Cc1ccc(F)cc1)NCCCC(=O)N1CCOC(c2ccccc2)C1. The third kappa shape index (κ3) is 5.89. The van der Waals surface area contributed by atoms with Gasteiger partial charge >= 0.3 is 0 Å². The third-order valence-corrected chi connectivity index (χ3v) is 4.76. The first-order chi connectivity index (χ1) is 13.6. The molecule has 0 radical (unpaired) electrons. The molecule has 148 valence electrons. The van der Waals surface area contributed by atoms with Crippen LogP contribution in [0.4, 0.5) is 4.39 Å². The largest absolute Gasteiger partial charge is 0.370 e. The molecule has 2 aromatic rings. The van der Waals surface area contributed by atoms with Crippen molar-refractivity contribution in [2.75, 3.05) is 26.2 Å². The Morgan fingerprint density at radius 2 is 1.86 bits per heavy atom. The maximum atomic E-state index is 12.9. The van der Waals surface area contributed by atoms with Gasteiger partial charge in [0.2, 0.25) is 11.8 Å². The predicted molar refractivity (Wildman–Crippen MR) is 104 cm³/mol. The van der Waals surface area contributed by atoms with Gasteiger partial charge in [0.05, 0.1) is 19.6 Å². The molecule has 0 bridgehead atoms. The Morgan fingerprint density at radius 3 is 2.61 bits per heavy atom. The van der Waals surface area contributed by atoms with E-state index in [2.05, 4.69) is 5.32 Å². The molecule has 1 aliphatic heterocycles. The predicted octanol–water partition coefficient (Wildman–Crippen LogP) is 2.86. The number of hydrogen-bond donors (Lipinski definition) is 1. The number of nitrogens with zero attached hydrogens (tertiary/aromatic N) is 1. The van der Waals surface area contributed by atoms with Crippen molar-refractivity contribution in [1.82, 2.24) is 10.2 Å². The number of benzene rings is 2. The summed E-state index contributed by atoms with van der Waals surface area (Å²) in [6.07, 6.45) is 1.09. The number of nitrogens with one attached hydrogen (secondary N) is 1. The zero-order chi connectivity index (χ0) is 19.8. The van der Waals surface area contributed by atoms with E-state index in [0.29, 0.717) is 39.1 Å². The van der Waals surface area contributed by atoms with Crippen LogP contribution in [0.15, 0.2) is 54.6 Å². The summed E-state index contributed by atoms with van der Waals surface area (Å²) in [5.41, 5.74) is 1.84.